The number of nitrogens with two attached hydrogens (primary N) is 1. The molecule has 0 heterocycles. The van der Waals surface area contributed by atoms with E-state index in [0.29, 0.717) is 19.3 Å². The molecular formula is C14H27NO3S. The SMILES string of the molecule is CC(C)(C)C(N)CC(=O)C1CCCC(S(C)(=O)=O)C1. The van der Waals surface area contributed by atoms with Crippen LogP contribution < -0.4 is 5.73 Å². The Morgan fingerprint density at radius 3 is 2.37 bits per heavy atom. The predicted molar refractivity (Wildman–Crippen MR) is 77.6 cm³/mol. The standard InChI is InChI=1S/C14H27NO3S/c1-14(2,3)13(15)9-12(16)10-6-5-7-11(8-10)19(4,17)18/h10-11,13H,5-9,15H2,1-4H3. The predicted octanol–water partition coefficient (Wildman–Crippen LogP) is 1.92. The van der Waals surface area contributed by atoms with E-state index < -0.39 is 9.84 Å². The molecule has 1 saturated carbocycles. The summed E-state index contributed by atoms with van der Waals surface area (Å²) in [6.07, 6.45) is 4.42. The summed E-state index contributed by atoms with van der Waals surface area (Å²) in [6, 6.07) is -0.168. The average Bonchev–Trinajstić information content (AvgIpc) is 2.26. The lowest BCUT2D eigenvalue weighted by molar-refractivity contribution is -0.124. The highest BCUT2D eigenvalue weighted by Gasteiger charge is 2.34. The molecule has 1 fully saturated rings. The number of carbonyl (C=O) groups excluding carboxylic acids is 1. The lowest BCUT2D eigenvalue weighted by Gasteiger charge is -2.31. The third-order valence-corrected chi connectivity index (χ3v) is 5.86. The Balaban J connectivity index is 2.63. The van der Waals surface area contributed by atoms with Crippen LogP contribution in [0.1, 0.15) is 52.9 Å². The molecule has 19 heavy (non-hydrogen) atoms. The van der Waals surface area contributed by atoms with Gasteiger partial charge in [0, 0.05) is 24.6 Å². The van der Waals surface area contributed by atoms with Crippen LogP contribution in [0.2, 0.25) is 0 Å². The van der Waals surface area contributed by atoms with Crippen molar-refractivity contribution >= 4 is 15.6 Å². The van der Waals surface area contributed by atoms with Gasteiger partial charge in [0.25, 0.3) is 0 Å². The largest absolute Gasteiger partial charge is 0.327 e. The van der Waals surface area contributed by atoms with Gasteiger partial charge in [0.05, 0.1) is 5.25 Å². The van der Waals surface area contributed by atoms with Gasteiger partial charge in [-0.15, -0.1) is 0 Å². The first kappa shape index (κ1) is 16.6. The number of hydrogen-bond acceptors (Lipinski definition) is 4. The molecule has 0 aliphatic heterocycles. The monoisotopic (exact) mass is 289 g/mol. The Hall–Kier alpha value is -0.420. The van der Waals surface area contributed by atoms with E-state index in [1.807, 2.05) is 20.8 Å². The highest BCUT2D eigenvalue weighted by atomic mass is 32.2. The molecule has 0 aromatic carbocycles. The second-order valence-corrected chi connectivity index (χ2v) is 9.28. The summed E-state index contributed by atoms with van der Waals surface area (Å²) in [5.74, 6) is 0.0117. The fraction of sp³-hybridized carbons (Fsp3) is 0.929. The van der Waals surface area contributed by atoms with Crippen molar-refractivity contribution in [2.75, 3.05) is 6.26 Å². The molecule has 0 bridgehead atoms. The van der Waals surface area contributed by atoms with Gasteiger partial charge in [-0.25, -0.2) is 8.42 Å². The van der Waals surface area contributed by atoms with Gasteiger partial charge >= 0.3 is 0 Å². The van der Waals surface area contributed by atoms with Crippen LogP contribution in [0.3, 0.4) is 0 Å². The van der Waals surface area contributed by atoms with Gasteiger partial charge in [-0.3, -0.25) is 4.79 Å². The zero-order valence-corrected chi connectivity index (χ0v) is 13.3. The van der Waals surface area contributed by atoms with Gasteiger partial charge < -0.3 is 5.73 Å². The molecule has 1 aliphatic rings. The summed E-state index contributed by atoms with van der Waals surface area (Å²) in [5.41, 5.74) is 5.94. The maximum absolute atomic E-state index is 12.3. The summed E-state index contributed by atoms with van der Waals surface area (Å²) in [6.45, 7) is 6.06. The minimum atomic E-state index is -3.03. The van der Waals surface area contributed by atoms with Crippen LogP contribution in [0.5, 0.6) is 0 Å². The summed E-state index contributed by atoms with van der Waals surface area (Å²) in [4.78, 5) is 12.3. The molecule has 1 aliphatic carbocycles. The third-order valence-electron chi connectivity index (χ3n) is 4.22. The van der Waals surface area contributed by atoms with Gasteiger partial charge in [-0.2, -0.15) is 0 Å². The minimum Gasteiger partial charge on any atom is -0.327 e. The van der Waals surface area contributed by atoms with E-state index in [4.69, 9.17) is 5.73 Å². The van der Waals surface area contributed by atoms with E-state index in [0.717, 1.165) is 12.8 Å². The van der Waals surface area contributed by atoms with E-state index >= 15 is 0 Å². The van der Waals surface area contributed by atoms with Crippen molar-refractivity contribution in [2.45, 2.75) is 64.2 Å². The van der Waals surface area contributed by atoms with Crippen molar-refractivity contribution < 1.29 is 13.2 Å². The molecule has 0 aromatic heterocycles. The highest BCUT2D eigenvalue weighted by molar-refractivity contribution is 7.91. The van der Waals surface area contributed by atoms with Gasteiger partial charge in [0.15, 0.2) is 0 Å². The Kier molecular flexibility index (Phi) is 5.18. The lowest BCUT2D eigenvalue weighted by atomic mass is 9.79. The van der Waals surface area contributed by atoms with E-state index in [2.05, 4.69) is 0 Å². The van der Waals surface area contributed by atoms with E-state index in [-0.39, 0.29) is 28.4 Å². The van der Waals surface area contributed by atoms with E-state index in [1.165, 1.54) is 6.26 Å². The van der Waals surface area contributed by atoms with Gasteiger partial charge in [0.2, 0.25) is 0 Å². The van der Waals surface area contributed by atoms with Crippen LogP contribution in [0.15, 0.2) is 0 Å². The van der Waals surface area contributed by atoms with Crippen molar-refractivity contribution in [1.82, 2.24) is 0 Å². The van der Waals surface area contributed by atoms with Crippen LogP contribution >= 0.6 is 0 Å². The van der Waals surface area contributed by atoms with Crippen molar-refractivity contribution in [3.05, 3.63) is 0 Å². The third kappa shape index (κ3) is 4.88. The minimum absolute atomic E-state index is 0.0967. The normalized spacial score (nSPS) is 27.0. The van der Waals surface area contributed by atoms with Crippen molar-refractivity contribution in [3.63, 3.8) is 0 Å². The Morgan fingerprint density at radius 2 is 1.89 bits per heavy atom. The number of hydrogen-bond donors (Lipinski definition) is 1. The molecular weight excluding hydrogens is 262 g/mol. The first-order valence-corrected chi connectivity index (χ1v) is 8.94. The number of rotatable bonds is 4. The molecule has 5 heteroatoms. The Morgan fingerprint density at radius 1 is 1.32 bits per heavy atom. The maximum atomic E-state index is 12.3. The summed E-state index contributed by atoms with van der Waals surface area (Å²) >= 11 is 0. The molecule has 3 atom stereocenters. The molecule has 1 rings (SSSR count). The van der Waals surface area contributed by atoms with E-state index in [1.54, 1.807) is 0 Å². The number of carbonyl (C=O) groups is 1. The average molecular weight is 289 g/mol. The van der Waals surface area contributed by atoms with Crippen molar-refractivity contribution in [2.24, 2.45) is 17.1 Å². The Bertz CT molecular complexity index is 422. The number of sulfone groups is 1. The van der Waals surface area contributed by atoms with Gasteiger partial charge in [-0.1, -0.05) is 27.2 Å². The molecule has 0 saturated heterocycles. The van der Waals surface area contributed by atoms with Crippen molar-refractivity contribution in [1.29, 1.82) is 0 Å². The topological polar surface area (TPSA) is 77.2 Å². The Labute approximate surface area is 117 Å². The molecule has 3 unspecified atom stereocenters. The first-order chi connectivity index (χ1) is 8.51. The molecule has 0 radical (unpaired) electrons. The second-order valence-electron chi connectivity index (χ2n) is 6.96. The maximum Gasteiger partial charge on any atom is 0.150 e. The lowest BCUT2D eigenvalue weighted by Crippen LogP contribution is -2.39. The molecule has 0 aromatic rings. The highest BCUT2D eigenvalue weighted by Crippen LogP contribution is 2.31. The molecule has 2 N–H and O–H groups in total. The summed E-state index contributed by atoms with van der Waals surface area (Å²) in [5, 5.41) is -0.346. The molecule has 4 nitrogen and oxygen atoms in total. The second kappa shape index (κ2) is 5.92. The number of ketones is 1. The van der Waals surface area contributed by atoms with Gasteiger partial charge in [-0.05, 0) is 24.7 Å². The van der Waals surface area contributed by atoms with Crippen molar-refractivity contribution in [3.8, 4) is 0 Å². The van der Waals surface area contributed by atoms with Crippen LogP contribution in [0.4, 0.5) is 0 Å². The number of Topliss-reactive ketones (excluding diaryl/α,β-unsaturated/α-hetero) is 1. The zero-order valence-electron chi connectivity index (χ0n) is 12.5. The zero-order chi connectivity index (χ0) is 14.8. The molecule has 0 spiro atoms. The van der Waals surface area contributed by atoms with Crippen LogP contribution in [-0.4, -0.2) is 31.7 Å². The van der Waals surface area contributed by atoms with E-state index in [9.17, 15) is 13.2 Å². The summed E-state index contributed by atoms with van der Waals surface area (Å²) < 4.78 is 23.2. The summed E-state index contributed by atoms with van der Waals surface area (Å²) in [7, 11) is -3.03. The molecule has 0 amide bonds. The molecule has 112 valence electrons. The first-order valence-electron chi connectivity index (χ1n) is 6.99. The van der Waals surface area contributed by atoms with Gasteiger partial charge in [0.1, 0.15) is 15.6 Å². The fourth-order valence-electron chi connectivity index (χ4n) is 2.52. The quantitative estimate of drug-likeness (QED) is 0.857. The van der Waals surface area contributed by atoms with Crippen LogP contribution in [-0.2, 0) is 14.6 Å². The van der Waals surface area contributed by atoms with Crippen LogP contribution in [0.25, 0.3) is 0 Å². The fourth-order valence-corrected chi connectivity index (χ4v) is 3.69. The van der Waals surface area contributed by atoms with Crippen LogP contribution in [0, 0.1) is 11.3 Å². The smallest absolute Gasteiger partial charge is 0.150 e.